The van der Waals surface area contributed by atoms with E-state index >= 15 is 0 Å². The molecule has 0 unspecified atom stereocenters. The van der Waals surface area contributed by atoms with Gasteiger partial charge in [0, 0.05) is 44.7 Å². The molecule has 72 heavy (non-hydrogen) atoms. The predicted molar refractivity (Wildman–Crippen MR) is 340 cm³/mol. The molecular weight excluding hydrogens is 862 g/mol. The molecule has 3 heterocycles. The summed E-state index contributed by atoms with van der Waals surface area (Å²) in [6.45, 7) is 30.7. The van der Waals surface area contributed by atoms with Crippen LogP contribution in [0.4, 0.5) is 34.1 Å². The molecule has 0 spiro atoms. The number of benzene rings is 6. The van der Waals surface area contributed by atoms with E-state index in [4.69, 9.17) is 4.42 Å². The predicted octanol–water partition coefficient (Wildman–Crippen LogP) is 0.675. The van der Waals surface area contributed by atoms with Gasteiger partial charge in [-0.3, -0.25) is 0 Å². The Bertz CT molecular complexity index is 3370. The molecule has 356 valence electrons. The molecular formula is C60H73B9N2O. The summed E-state index contributed by atoms with van der Waals surface area (Å²) in [5, 5.41) is 0. The lowest BCUT2D eigenvalue weighted by atomic mass is 9.35. The van der Waals surface area contributed by atoms with E-state index in [1.807, 2.05) is 0 Å². The van der Waals surface area contributed by atoms with Crippen LogP contribution >= 0.6 is 0 Å². The van der Waals surface area contributed by atoms with Crippen molar-refractivity contribution in [3.8, 4) is 11.1 Å². The van der Waals surface area contributed by atoms with Crippen LogP contribution in [0.3, 0.4) is 0 Å². The van der Waals surface area contributed by atoms with E-state index in [1.54, 1.807) is 0 Å². The van der Waals surface area contributed by atoms with Crippen LogP contribution in [0.5, 0.6) is 0 Å². The van der Waals surface area contributed by atoms with Crippen molar-refractivity contribution in [2.45, 2.75) is 130 Å². The minimum atomic E-state index is -0.283. The van der Waals surface area contributed by atoms with E-state index in [0.717, 1.165) is 24.3 Å². The third-order valence-electron chi connectivity index (χ3n) is 18.4. The molecule has 2 aliphatic heterocycles. The van der Waals surface area contributed by atoms with Crippen molar-refractivity contribution < 1.29 is 4.42 Å². The monoisotopic (exact) mass is 937 g/mol. The number of anilines is 6. The molecule has 3 nitrogen and oxygen atoms in total. The number of aryl methyl sites for hydroxylation is 1. The van der Waals surface area contributed by atoms with Crippen molar-refractivity contribution in [1.82, 2.24) is 0 Å². The van der Waals surface area contributed by atoms with Crippen LogP contribution in [0.15, 0.2) is 89.3 Å². The fourth-order valence-corrected chi connectivity index (χ4v) is 12.8. The summed E-state index contributed by atoms with van der Waals surface area (Å²) in [5.41, 5.74) is 31.8. The van der Waals surface area contributed by atoms with Gasteiger partial charge in [0.15, 0.2) is 0 Å². The largest absolute Gasteiger partial charge is 0.472 e. The van der Waals surface area contributed by atoms with Crippen molar-refractivity contribution in [3.63, 3.8) is 0 Å². The Labute approximate surface area is 440 Å². The van der Waals surface area contributed by atoms with Crippen molar-refractivity contribution in [1.29, 1.82) is 0 Å². The van der Waals surface area contributed by atoms with Gasteiger partial charge < -0.3 is 14.2 Å². The Morgan fingerprint density at radius 3 is 1.61 bits per heavy atom. The normalized spacial score (nSPS) is 15.8. The summed E-state index contributed by atoms with van der Waals surface area (Å²) >= 11 is 0. The summed E-state index contributed by atoms with van der Waals surface area (Å²) in [4.78, 5) is 5.28. The SMILES string of the molecule is Bc1cc(C(C)(C)c2ccc3c(c2)B2c4oc5c(c4N(c4ccc(C(C)(C)C)cc4)c4cc(C)cc(c42)N3c2ccc(C(C)(C)C)cc2-c2c(B)c(B)c(B)c(B)c2B)C(C)(C)CCC5(C)C)cc(B)c1B. The third kappa shape index (κ3) is 7.64. The minimum absolute atomic E-state index is 0.0250. The fourth-order valence-electron chi connectivity index (χ4n) is 12.8. The summed E-state index contributed by atoms with van der Waals surface area (Å²) in [7, 11) is 18.4. The Hall–Kier alpha value is -5.22. The Morgan fingerprint density at radius 2 is 1.03 bits per heavy atom. The van der Waals surface area contributed by atoms with E-state index < -0.39 is 0 Å². The van der Waals surface area contributed by atoms with Crippen molar-refractivity contribution in [3.05, 3.63) is 124 Å². The van der Waals surface area contributed by atoms with E-state index in [1.165, 1.54) is 133 Å². The van der Waals surface area contributed by atoms with E-state index in [0.29, 0.717) is 0 Å². The van der Waals surface area contributed by atoms with Gasteiger partial charge in [0.05, 0.1) is 17.0 Å². The Kier molecular flexibility index (Phi) is 11.6. The zero-order chi connectivity index (χ0) is 52.3. The second-order valence-corrected chi connectivity index (χ2v) is 26.5. The molecule has 1 aromatic heterocycles. The average Bonchev–Trinajstić information content (AvgIpc) is 3.73. The molecule has 0 bridgehead atoms. The van der Waals surface area contributed by atoms with Crippen LogP contribution in [-0.4, -0.2) is 69.5 Å². The molecule has 0 radical (unpaired) electrons. The maximum atomic E-state index is 7.80. The van der Waals surface area contributed by atoms with Crippen LogP contribution in [0.25, 0.3) is 11.1 Å². The first kappa shape index (κ1) is 50.3. The molecule has 10 rings (SSSR count). The number of hydrogen-bond acceptors (Lipinski definition) is 3. The topological polar surface area (TPSA) is 19.6 Å². The zero-order valence-corrected chi connectivity index (χ0v) is 47.9. The van der Waals surface area contributed by atoms with Crippen LogP contribution < -0.4 is 70.1 Å². The highest BCUT2D eigenvalue weighted by Crippen LogP contribution is 2.55. The van der Waals surface area contributed by atoms with Gasteiger partial charge in [-0.25, -0.2) is 0 Å². The van der Waals surface area contributed by atoms with Gasteiger partial charge >= 0.3 is 0 Å². The number of furan rings is 1. The van der Waals surface area contributed by atoms with Crippen molar-refractivity contribution in [2.75, 3.05) is 9.80 Å². The Balaban J connectivity index is 1.36. The van der Waals surface area contributed by atoms with Crippen molar-refractivity contribution in [2.24, 2.45) is 0 Å². The van der Waals surface area contributed by atoms with Crippen LogP contribution in [0.2, 0.25) is 0 Å². The van der Waals surface area contributed by atoms with E-state index in [9.17, 15) is 0 Å². The molecule has 0 fully saturated rings. The molecule has 0 atom stereocenters. The first-order chi connectivity index (χ1) is 33.5. The standard InChI is InChI=1S/C60H73B9N2O/c1-30-24-42-52-43(25-30)71(40-20-16-32(57(5,6)7)26-36(40)44-47(64)49(66)51(68)50(67)48(44)65)41-21-17-33(60(12,13)34-27-37(61)46(63)38(62)28-34)29-39(41)69(52)55-53(45-54(72-55)59(10,11)23-22-58(45,8)9)70(42)35-18-14-31(15-19-35)56(2,3)4/h14-21,24-29H,22-23,61-68H2,1-13H3. The molecule has 0 saturated carbocycles. The number of nitrogens with zero attached hydrogens (tertiary/aromatic N) is 2. The highest BCUT2D eigenvalue weighted by molar-refractivity contribution is 6.99. The fraction of sp³-hybridized carbons (Fsp3) is 0.333. The molecule has 6 aromatic carbocycles. The molecule has 7 aromatic rings. The van der Waals surface area contributed by atoms with Gasteiger partial charge in [0.2, 0.25) is 0 Å². The zero-order valence-electron chi connectivity index (χ0n) is 47.9. The quantitative estimate of drug-likeness (QED) is 0.237. The lowest BCUT2D eigenvalue weighted by Crippen LogP contribution is -2.61. The van der Waals surface area contributed by atoms with Gasteiger partial charge in [-0.1, -0.05) is 147 Å². The van der Waals surface area contributed by atoms with Gasteiger partial charge in [0.25, 0.3) is 6.71 Å². The van der Waals surface area contributed by atoms with E-state index in [2.05, 4.69) is 248 Å². The summed E-state index contributed by atoms with van der Waals surface area (Å²) in [6, 6.07) is 34.1. The Morgan fingerprint density at radius 1 is 0.514 bits per heavy atom. The van der Waals surface area contributed by atoms with Crippen LogP contribution in [0.1, 0.15) is 135 Å². The highest BCUT2D eigenvalue weighted by Gasteiger charge is 2.53. The number of hydrogen-bond donors (Lipinski definition) is 0. The maximum Gasteiger partial charge on any atom is 0.297 e. The minimum Gasteiger partial charge on any atom is -0.472 e. The first-order valence-corrected chi connectivity index (χ1v) is 26.9. The van der Waals surface area contributed by atoms with Crippen molar-refractivity contribution >= 4 is 164 Å². The summed E-state index contributed by atoms with van der Waals surface area (Å²) < 4.78 is 7.80. The molecule has 0 amide bonds. The lowest BCUT2D eigenvalue weighted by molar-refractivity contribution is 0.282. The molecule has 0 N–H and O–H groups in total. The van der Waals surface area contributed by atoms with Crippen LogP contribution in [0, 0.1) is 6.92 Å². The van der Waals surface area contributed by atoms with Crippen LogP contribution in [-0.2, 0) is 27.1 Å². The molecule has 12 heteroatoms. The smallest absolute Gasteiger partial charge is 0.297 e. The molecule has 1 aliphatic carbocycles. The number of fused-ring (bicyclic) bond motifs is 6. The second kappa shape index (κ2) is 16.6. The maximum absolute atomic E-state index is 7.80. The lowest BCUT2D eigenvalue weighted by Gasteiger charge is -2.45. The average molecular weight is 936 g/mol. The van der Waals surface area contributed by atoms with Gasteiger partial charge in [-0.15, -0.1) is 21.9 Å². The first-order valence-electron chi connectivity index (χ1n) is 26.9. The summed E-state index contributed by atoms with van der Waals surface area (Å²) in [6.07, 6.45) is 2.17. The van der Waals surface area contributed by atoms with Gasteiger partial charge in [0.1, 0.15) is 68.5 Å². The molecule has 3 aliphatic rings. The van der Waals surface area contributed by atoms with E-state index in [-0.39, 0.29) is 33.8 Å². The highest BCUT2D eigenvalue weighted by atomic mass is 16.3. The number of rotatable bonds is 5. The summed E-state index contributed by atoms with van der Waals surface area (Å²) in [5.74, 6) is 1.15. The third-order valence-corrected chi connectivity index (χ3v) is 18.4. The molecule has 0 saturated heterocycles. The second-order valence-electron chi connectivity index (χ2n) is 26.5. The van der Waals surface area contributed by atoms with Gasteiger partial charge in [-0.05, 0) is 123 Å². The van der Waals surface area contributed by atoms with Gasteiger partial charge in [-0.2, -0.15) is 0 Å².